The number of likely N-dealkylation sites (tertiary alicyclic amines) is 1. The van der Waals surface area contributed by atoms with Gasteiger partial charge in [0.15, 0.2) is 0 Å². The molecule has 180 valence electrons. The van der Waals surface area contributed by atoms with Crippen LogP contribution in [0.1, 0.15) is 43.9 Å². The van der Waals surface area contributed by atoms with E-state index >= 15 is 0 Å². The number of nitrogens with zero attached hydrogens (tertiary/aromatic N) is 3. The fraction of sp³-hybridized carbons (Fsp3) is 0.444. The summed E-state index contributed by atoms with van der Waals surface area (Å²) in [6, 6.07) is 15.7. The highest BCUT2D eigenvalue weighted by molar-refractivity contribution is 5.84. The minimum atomic E-state index is -0.535. The van der Waals surface area contributed by atoms with Gasteiger partial charge in [0.25, 0.3) is 0 Å². The first-order valence-corrected chi connectivity index (χ1v) is 11.9. The van der Waals surface area contributed by atoms with Crippen LogP contribution in [0.2, 0.25) is 0 Å². The molecule has 1 atom stereocenters. The van der Waals surface area contributed by atoms with E-state index in [1.165, 1.54) is 12.1 Å². The van der Waals surface area contributed by atoms with Gasteiger partial charge in [0.1, 0.15) is 5.82 Å². The average molecular weight is 466 g/mol. The van der Waals surface area contributed by atoms with Crippen molar-refractivity contribution in [1.82, 2.24) is 14.7 Å². The Bertz CT molecular complexity index is 1030. The lowest BCUT2D eigenvalue weighted by atomic mass is 9.78. The lowest BCUT2D eigenvalue weighted by Gasteiger charge is -2.46. The summed E-state index contributed by atoms with van der Waals surface area (Å²) in [6.45, 7) is 6.13. The van der Waals surface area contributed by atoms with Crippen molar-refractivity contribution in [3.63, 3.8) is 0 Å². The van der Waals surface area contributed by atoms with Crippen LogP contribution < -0.4 is 0 Å². The Morgan fingerprint density at radius 1 is 0.912 bits per heavy atom. The van der Waals surface area contributed by atoms with E-state index < -0.39 is 5.41 Å². The summed E-state index contributed by atoms with van der Waals surface area (Å²) < 4.78 is 13.1. The number of carbonyl (C=O) groups is 3. The molecule has 0 spiro atoms. The van der Waals surface area contributed by atoms with Crippen LogP contribution in [0.3, 0.4) is 0 Å². The van der Waals surface area contributed by atoms with Gasteiger partial charge < -0.3 is 14.7 Å². The molecule has 0 unspecified atom stereocenters. The molecule has 0 N–H and O–H groups in total. The van der Waals surface area contributed by atoms with Crippen molar-refractivity contribution in [2.24, 2.45) is 5.41 Å². The predicted molar refractivity (Wildman–Crippen MR) is 127 cm³/mol. The third-order valence-electron chi connectivity index (χ3n) is 7.26. The van der Waals surface area contributed by atoms with Crippen LogP contribution in [-0.2, 0) is 20.8 Å². The van der Waals surface area contributed by atoms with Crippen LogP contribution in [0.4, 0.5) is 4.39 Å². The molecule has 0 bridgehead atoms. The van der Waals surface area contributed by atoms with Crippen molar-refractivity contribution >= 4 is 17.7 Å². The zero-order chi connectivity index (χ0) is 24.3. The van der Waals surface area contributed by atoms with Gasteiger partial charge in [0, 0.05) is 45.1 Å². The van der Waals surface area contributed by atoms with Crippen molar-refractivity contribution in [3.05, 3.63) is 71.5 Å². The van der Waals surface area contributed by atoms with Gasteiger partial charge >= 0.3 is 0 Å². The van der Waals surface area contributed by atoms with E-state index in [0.29, 0.717) is 45.6 Å². The van der Waals surface area contributed by atoms with E-state index in [9.17, 15) is 18.8 Å². The summed E-state index contributed by atoms with van der Waals surface area (Å²) in [7, 11) is 0. The number of amides is 3. The Balaban J connectivity index is 1.38. The second kappa shape index (κ2) is 9.95. The quantitative estimate of drug-likeness (QED) is 0.695. The van der Waals surface area contributed by atoms with Crippen molar-refractivity contribution in [2.45, 2.75) is 39.2 Å². The molecule has 34 heavy (non-hydrogen) atoms. The molecule has 4 rings (SSSR count). The highest BCUT2D eigenvalue weighted by atomic mass is 19.1. The number of carbonyl (C=O) groups excluding carboxylic acids is 3. The Hall–Kier alpha value is -3.22. The molecular weight excluding hydrogens is 433 g/mol. The molecule has 0 saturated carbocycles. The normalized spacial score (nSPS) is 20.2. The SMILES string of the molecule is CC(=O)N1CCN(C(=O)C2(C)CCN(C(=O)Cc3ccc(F)cc3)CC2)C[C@H]1c1ccccc1. The van der Waals surface area contributed by atoms with Crippen LogP contribution in [-0.4, -0.2) is 65.1 Å². The minimum absolute atomic E-state index is 0.000297. The molecule has 2 aliphatic rings. The highest BCUT2D eigenvalue weighted by Gasteiger charge is 2.43. The van der Waals surface area contributed by atoms with E-state index in [1.807, 2.05) is 47.1 Å². The number of piperidine rings is 1. The Morgan fingerprint density at radius 3 is 2.18 bits per heavy atom. The first kappa shape index (κ1) is 23.9. The predicted octanol–water partition coefficient (Wildman–Crippen LogP) is 3.43. The number of halogens is 1. The van der Waals surface area contributed by atoms with Crippen LogP contribution in [0.25, 0.3) is 0 Å². The summed E-state index contributed by atoms with van der Waals surface area (Å²) in [5.41, 5.74) is 1.28. The molecule has 3 amide bonds. The molecule has 2 aromatic carbocycles. The molecule has 0 aromatic heterocycles. The van der Waals surface area contributed by atoms with Gasteiger partial charge in [0.05, 0.1) is 12.5 Å². The summed E-state index contributed by atoms with van der Waals surface area (Å²) in [5, 5.41) is 0. The van der Waals surface area contributed by atoms with Gasteiger partial charge in [-0.25, -0.2) is 4.39 Å². The smallest absolute Gasteiger partial charge is 0.228 e. The number of benzene rings is 2. The fourth-order valence-electron chi connectivity index (χ4n) is 5.04. The highest BCUT2D eigenvalue weighted by Crippen LogP contribution is 2.35. The maximum Gasteiger partial charge on any atom is 0.228 e. The number of rotatable bonds is 4. The molecule has 2 aromatic rings. The largest absolute Gasteiger partial charge is 0.342 e. The first-order valence-electron chi connectivity index (χ1n) is 11.9. The van der Waals surface area contributed by atoms with Crippen LogP contribution >= 0.6 is 0 Å². The molecule has 2 saturated heterocycles. The van der Waals surface area contributed by atoms with Crippen LogP contribution in [0.5, 0.6) is 0 Å². The average Bonchev–Trinajstić information content (AvgIpc) is 2.85. The number of hydrogen-bond donors (Lipinski definition) is 0. The van der Waals surface area contributed by atoms with E-state index in [4.69, 9.17) is 0 Å². The Kier molecular flexibility index (Phi) is 7.00. The van der Waals surface area contributed by atoms with E-state index in [1.54, 1.807) is 24.0 Å². The number of piperazine rings is 1. The van der Waals surface area contributed by atoms with Gasteiger partial charge in [-0.05, 0) is 36.1 Å². The van der Waals surface area contributed by atoms with E-state index in [2.05, 4.69) is 0 Å². The number of hydrogen-bond acceptors (Lipinski definition) is 3. The fourth-order valence-corrected chi connectivity index (χ4v) is 5.04. The zero-order valence-corrected chi connectivity index (χ0v) is 19.9. The zero-order valence-electron chi connectivity index (χ0n) is 19.9. The van der Waals surface area contributed by atoms with Crippen molar-refractivity contribution in [2.75, 3.05) is 32.7 Å². The van der Waals surface area contributed by atoms with Gasteiger partial charge in [0.2, 0.25) is 17.7 Å². The standard InChI is InChI=1S/C27H32FN3O3/c1-20(32)31-17-16-30(19-24(31)22-6-4-3-5-7-22)26(34)27(2)12-14-29(15-13-27)25(33)18-21-8-10-23(28)11-9-21/h3-11,24H,12-19H2,1-2H3/t24-/m0/s1. The lowest BCUT2D eigenvalue weighted by molar-refractivity contribution is -0.152. The molecule has 2 heterocycles. The molecule has 2 aliphatic heterocycles. The lowest BCUT2D eigenvalue weighted by Crippen LogP contribution is -2.56. The van der Waals surface area contributed by atoms with Gasteiger partial charge in [-0.2, -0.15) is 0 Å². The second-order valence-corrected chi connectivity index (χ2v) is 9.63. The molecule has 0 aliphatic carbocycles. The van der Waals surface area contributed by atoms with Gasteiger partial charge in [-0.15, -0.1) is 0 Å². The van der Waals surface area contributed by atoms with Crippen molar-refractivity contribution in [1.29, 1.82) is 0 Å². The maximum atomic E-state index is 13.6. The second-order valence-electron chi connectivity index (χ2n) is 9.63. The van der Waals surface area contributed by atoms with Crippen molar-refractivity contribution < 1.29 is 18.8 Å². The molecule has 7 heteroatoms. The van der Waals surface area contributed by atoms with Crippen LogP contribution in [0, 0.1) is 11.2 Å². The Labute approximate surface area is 200 Å². The monoisotopic (exact) mass is 465 g/mol. The van der Waals surface area contributed by atoms with Crippen molar-refractivity contribution in [3.8, 4) is 0 Å². The molecule has 6 nitrogen and oxygen atoms in total. The molecule has 2 fully saturated rings. The summed E-state index contributed by atoms with van der Waals surface area (Å²) in [5.74, 6) is -0.204. The molecule has 0 radical (unpaired) electrons. The summed E-state index contributed by atoms with van der Waals surface area (Å²) in [4.78, 5) is 44.1. The third-order valence-corrected chi connectivity index (χ3v) is 7.26. The van der Waals surface area contributed by atoms with Gasteiger partial charge in [-0.1, -0.05) is 49.4 Å². The first-order chi connectivity index (χ1) is 16.3. The third kappa shape index (κ3) is 5.13. The van der Waals surface area contributed by atoms with E-state index in [-0.39, 0.29) is 36.0 Å². The Morgan fingerprint density at radius 2 is 1.56 bits per heavy atom. The summed E-state index contributed by atoms with van der Waals surface area (Å²) in [6.07, 6.45) is 1.44. The minimum Gasteiger partial charge on any atom is -0.342 e. The molecular formula is C27H32FN3O3. The summed E-state index contributed by atoms with van der Waals surface area (Å²) >= 11 is 0. The maximum absolute atomic E-state index is 13.6. The topological polar surface area (TPSA) is 60.9 Å². The van der Waals surface area contributed by atoms with Crippen LogP contribution in [0.15, 0.2) is 54.6 Å². The van der Waals surface area contributed by atoms with E-state index in [0.717, 1.165) is 11.1 Å². The van der Waals surface area contributed by atoms with Gasteiger partial charge in [-0.3, -0.25) is 14.4 Å².